The maximum absolute atomic E-state index is 12.3. The number of hydrogen-bond donors (Lipinski definition) is 4. The van der Waals surface area contributed by atoms with Crippen LogP contribution in [0.5, 0.6) is 11.5 Å². The Labute approximate surface area is 109 Å². The number of carbonyl (C=O) groups is 2. The lowest BCUT2D eigenvalue weighted by molar-refractivity contribution is -0.122. The van der Waals surface area contributed by atoms with E-state index in [1.54, 1.807) is 0 Å². The number of nitrogens with two attached hydrogens (primary N) is 1. The molecule has 1 aliphatic rings. The van der Waals surface area contributed by atoms with Gasteiger partial charge in [-0.3, -0.25) is 9.59 Å². The molecule has 7 nitrogen and oxygen atoms in total. The molecule has 1 atom stereocenters. The van der Waals surface area contributed by atoms with Gasteiger partial charge in [-0.1, -0.05) is 6.07 Å². The Kier molecular flexibility index (Phi) is 3.57. The van der Waals surface area contributed by atoms with Crippen LogP contribution in [-0.4, -0.2) is 52.6 Å². The van der Waals surface area contributed by atoms with E-state index in [4.69, 9.17) is 5.73 Å². The number of nitrogens with zero attached hydrogens (tertiary/aromatic N) is 1. The topological polar surface area (TPSA) is 116 Å². The second-order valence-electron chi connectivity index (χ2n) is 4.29. The zero-order valence-electron chi connectivity index (χ0n) is 10.2. The summed E-state index contributed by atoms with van der Waals surface area (Å²) < 4.78 is 0. The molecule has 19 heavy (non-hydrogen) atoms. The van der Waals surface area contributed by atoms with Crippen LogP contribution in [0.1, 0.15) is 10.4 Å². The Balaban J connectivity index is 2.34. The SMILES string of the molecule is NC(=O)C1CNCCN1C(=O)c1c(O)cccc1O. The summed E-state index contributed by atoms with van der Waals surface area (Å²) >= 11 is 0. The molecule has 0 aromatic heterocycles. The standard InChI is InChI=1S/C12H15N3O4/c13-11(18)7-6-14-4-5-15(7)12(19)10-8(16)2-1-3-9(10)17/h1-3,7,14,16-17H,4-6H2,(H2,13,18). The third-order valence-corrected chi connectivity index (χ3v) is 3.07. The summed E-state index contributed by atoms with van der Waals surface area (Å²) in [6, 6.07) is 3.23. The monoisotopic (exact) mass is 265 g/mol. The number of rotatable bonds is 2. The van der Waals surface area contributed by atoms with E-state index in [9.17, 15) is 19.8 Å². The predicted octanol–water partition coefficient (Wildman–Crippen LogP) is -1.00. The van der Waals surface area contributed by atoms with Gasteiger partial charge in [0.25, 0.3) is 5.91 Å². The first-order chi connectivity index (χ1) is 9.02. The van der Waals surface area contributed by atoms with Crippen LogP contribution in [0.3, 0.4) is 0 Å². The summed E-state index contributed by atoms with van der Waals surface area (Å²) in [6.45, 7) is 1.06. The zero-order valence-corrected chi connectivity index (χ0v) is 10.2. The number of nitrogens with one attached hydrogen (secondary N) is 1. The minimum absolute atomic E-state index is 0.212. The third-order valence-electron chi connectivity index (χ3n) is 3.07. The van der Waals surface area contributed by atoms with Crippen molar-refractivity contribution in [2.24, 2.45) is 5.73 Å². The molecular weight excluding hydrogens is 250 g/mol. The molecular formula is C12H15N3O4. The Morgan fingerprint density at radius 2 is 1.95 bits per heavy atom. The van der Waals surface area contributed by atoms with Crippen LogP contribution in [0.4, 0.5) is 0 Å². The Morgan fingerprint density at radius 1 is 1.32 bits per heavy atom. The maximum atomic E-state index is 12.3. The number of amides is 2. The molecule has 1 fully saturated rings. The summed E-state index contributed by atoms with van der Waals surface area (Å²) in [5, 5.41) is 22.3. The number of aromatic hydroxyl groups is 2. The average molecular weight is 265 g/mol. The fourth-order valence-corrected chi connectivity index (χ4v) is 2.09. The van der Waals surface area contributed by atoms with Crippen LogP contribution in [0.25, 0.3) is 0 Å². The van der Waals surface area contributed by atoms with Gasteiger partial charge in [-0.25, -0.2) is 0 Å². The summed E-state index contributed by atoms with van der Waals surface area (Å²) in [7, 11) is 0. The van der Waals surface area contributed by atoms with Gasteiger partial charge in [-0.15, -0.1) is 0 Å². The van der Waals surface area contributed by atoms with Gasteiger partial charge in [0.15, 0.2) is 0 Å². The molecule has 0 saturated carbocycles. The van der Waals surface area contributed by atoms with E-state index in [1.807, 2.05) is 0 Å². The molecule has 1 unspecified atom stereocenters. The fourth-order valence-electron chi connectivity index (χ4n) is 2.09. The zero-order chi connectivity index (χ0) is 14.0. The first kappa shape index (κ1) is 13.2. The minimum atomic E-state index is -0.791. The molecule has 0 radical (unpaired) electrons. The van der Waals surface area contributed by atoms with Crippen LogP contribution in [0.2, 0.25) is 0 Å². The van der Waals surface area contributed by atoms with Crippen molar-refractivity contribution in [1.29, 1.82) is 0 Å². The van der Waals surface area contributed by atoms with Crippen molar-refractivity contribution in [3.63, 3.8) is 0 Å². The van der Waals surface area contributed by atoms with Crippen molar-refractivity contribution in [1.82, 2.24) is 10.2 Å². The fraction of sp³-hybridized carbons (Fsp3) is 0.333. The number of hydrogen-bond acceptors (Lipinski definition) is 5. The van der Waals surface area contributed by atoms with E-state index in [0.717, 1.165) is 0 Å². The van der Waals surface area contributed by atoms with Crippen molar-refractivity contribution in [3.8, 4) is 11.5 Å². The maximum Gasteiger partial charge on any atom is 0.262 e. The number of phenols is 2. The Morgan fingerprint density at radius 3 is 2.53 bits per heavy atom. The van der Waals surface area contributed by atoms with Gasteiger partial charge >= 0.3 is 0 Å². The van der Waals surface area contributed by atoms with Crippen LogP contribution in [-0.2, 0) is 4.79 Å². The number of benzene rings is 1. The second kappa shape index (κ2) is 5.15. The van der Waals surface area contributed by atoms with Crippen molar-refractivity contribution < 1.29 is 19.8 Å². The van der Waals surface area contributed by atoms with E-state index < -0.39 is 17.9 Å². The van der Waals surface area contributed by atoms with Gasteiger partial charge < -0.3 is 26.2 Å². The largest absolute Gasteiger partial charge is 0.507 e. The highest BCUT2D eigenvalue weighted by Gasteiger charge is 2.33. The molecule has 0 aliphatic carbocycles. The van der Waals surface area contributed by atoms with Crippen LogP contribution < -0.4 is 11.1 Å². The lowest BCUT2D eigenvalue weighted by atomic mass is 10.1. The summed E-state index contributed by atoms with van der Waals surface area (Å²) in [5.41, 5.74) is 5.04. The van der Waals surface area contributed by atoms with Crippen LogP contribution in [0, 0.1) is 0 Å². The molecule has 1 saturated heterocycles. The first-order valence-electron chi connectivity index (χ1n) is 5.84. The number of primary amides is 1. The molecule has 1 aromatic carbocycles. The minimum Gasteiger partial charge on any atom is -0.507 e. The van der Waals surface area contributed by atoms with Gasteiger partial charge in [-0.05, 0) is 12.1 Å². The van der Waals surface area contributed by atoms with Crippen molar-refractivity contribution in [2.75, 3.05) is 19.6 Å². The molecule has 1 aromatic rings. The molecule has 102 valence electrons. The average Bonchev–Trinajstić information content (AvgIpc) is 2.38. The quantitative estimate of drug-likeness (QED) is 0.547. The van der Waals surface area contributed by atoms with Crippen LogP contribution in [0.15, 0.2) is 18.2 Å². The number of phenolic OH excluding ortho intramolecular Hbond substituents is 2. The van der Waals surface area contributed by atoms with Crippen molar-refractivity contribution >= 4 is 11.8 Å². The van der Waals surface area contributed by atoms with Crippen molar-refractivity contribution in [2.45, 2.75) is 6.04 Å². The highest BCUT2D eigenvalue weighted by Crippen LogP contribution is 2.28. The molecule has 7 heteroatoms. The first-order valence-corrected chi connectivity index (χ1v) is 5.84. The molecule has 2 amide bonds. The molecule has 0 spiro atoms. The van der Waals surface area contributed by atoms with E-state index in [-0.39, 0.29) is 30.2 Å². The van der Waals surface area contributed by atoms with Crippen LogP contribution >= 0.6 is 0 Å². The van der Waals surface area contributed by atoms with Gasteiger partial charge in [-0.2, -0.15) is 0 Å². The highest BCUT2D eigenvalue weighted by atomic mass is 16.3. The molecule has 2 rings (SSSR count). The van der Waals surface area contributed by atoms with Gasteiger partial charge in [0, 0.05) is 19.6 Å². The lowest BCUT2D eigenvalue weighted by Gasteiger charge is -2.34. The highest BCUT2D eigenvalue weighted by molar-refractivity contribution is 6.01. The summed E-state index contributed by atoms with van der Waals surface area (Å²) in [5.74, 6) is -1.89. The molecule has 5 N–H and O–H groups in total. The Hall–Kier alpha value is -2.28. The second-order valence-corrected chi connectivity index (χ2v) is 4.29. The Bertz CT molecular complexity index is 497. The molecule has 1 heterocycles. The van der Waals surface area contributed by atoms with E-state index in [1.165, 1.54) is 23.1 Å². The molecule has 0 bridgehead atoms. The van der Waals surface area contributed by atoms with E-state index in [2.05, 4.69) is 5.32 Å². The smallest absolute Gasteiger partial charge is 0.262 e. The van der Waals surface area contributed by atoms with Gasteiger partial charge in [0.2, 0.25) is 5.91 Å². The third kappa shape index (κ3) is 2.45. The number of piperazine rings is 1. The van der Waals surface area contributed by atoms with Crippen molar-refractivity contribution in [3.05, 3.63) is 23.8 Å². The summed E-state index contributed by atoms with van der Waals surface area (Å²) in [4.78, 5) is 24.9. The van der Waals surface area contributed by atoms with Gasteiger partial charge in [0.05, 0.1) is 0 Å². The normalized spacial score (nSPS) is 19.2. The summed E-state index contributed by atoms with van der Waals surface area (Å²) in [6.07, 6.45) is 0. The number of carbonyl (C=O) groups excluding carboxylic acids is 2. The predicted molar refractivity (Wildman–Crippen MR) is 66.7 cm³/mol. The van der Waals surface area contributed by atoms with Gasteiger partial charge in [0.1, 0.15) is 23.1 Å². The van der Waals surface area contributed by atoms with E-state index >= 15 is 0 Å². The molecule has 1 aliphatic heterocycles. The lowest BCUT2D eigenvalue weighted by Crippen LogP contribution is -2.58. The van der Waals surface area contributed by atoms with E-state index in [0.29, 0.717) is 6.54 Å².